The van der Waals surface area contributed by atoms with Crippen molar-refractivity contribution in [2.75, 3.05) is 7.05 Å². The average Bonchev–Trinajstić information content (AvgIpc) is 2.46. The summed E-state index contributed by atoms with van der Waals surface area (Å²) in [5, 5.41) is 0. The van der Waals surface area contributed by atoms with Gasteiger partial charge in [0.2, 0.25) is 0 Å². The van der Waals surface area contributed by atoms with Crippen LogP contribution in [0.4, 0.5) is 13.2 Å². The monoisotopic (exact) mass is 300 g/mol. The molecule has 0 unspecified atom stereocenters. The van der Waals surface area contributed by atoms with Crippen LogP contribution in [-0.2, 0) is 6.18 Å². The van der Waals surface area contributed by atoms with Gasteiger partial charge < -0.3 is 10.6 Å². The molecule has 0 aliphatic heterocycles. The van der Waals surface area contributed by atoms with Gasteiger partial charge in [0.15, 0.2) is 0 Å². The molecule has 116 valence electrons. The smallest absolute Gasteiger partial charge is 0.339 e. The standard InChI is InChI=1S/C15H19F3N2O/c1-20(13-8-6-12(19)7-9-13)14(21)10-2-4-11(5-3-10)15(16,17)18/h2-5,12-13H,6-9,19H2,1H3. The maximum Gasteiger partial charge on any atom is 0.416 e. The molecule has 2 N–H and O–H groups in total. The van der Waals surface area contributed by atoms with Crippen molar-refractivity contribution in [2.45, 2.75) is 43.9 Å². The summed E-state index contributed by atoms with van der Waals surface area (Å²) in [7, 11) is 1.70. The highest BCUT2D eigenvalue weighted by molar-refractivity contribution is 5.94. The first kappa shape index (κ1) is 15.8. The highest BCUT2D eigenvalue weighted by atomic mass is 19.4. The Morgan fingerprint density at radius 1 is 1.14 bits per heavy atom. The third-order valence-corrected chi connectivity index (χ3v) is 4.07. The second kappa shape index (κ2) is 6.05. The van der Waals surface area contributed by atoms with E-state index in [2.05, 4.69) is 0 Å². The zero-order valence-electron chi connectivity index (χ0n) is 11.9. The molecule has 0 spiro atoms. The van der Waals surface area contributed by atoms with Crippen molar-refractivity contribution in [2.24, 2.45) is 5.73 Å². The summed E-state index contributed by atoms with van der Waals surface area (Å²) in [6, 6.07) is 4.65. The van der Waals surface area contributed by atoms with Gasteiger partial charge in [-0.3, -0.25) is 4.79 Å². The molecule has 21 heavy (non-hydrogen) atoms. The molecule has 1 aliphatic carbocycles. The Morgan fingerprint density at radius 3 is 2.14 bits per heavy atom. The lowest BCUT2D eigenvalue weighted by Crippen LogP contribution is -2.41. The van der Waals surface area contributed by atoms with Gasteiger partial charge >= 0.3 is 6.18 Å². The van der Waals surface area contributed by atoms with Crippen molar-refractivity contribution < 1.29 is 18.0 Å². The Hall–Kier alpha value is -1.56. The second-order valence-corrected chi connectivity index (χ2v) is 5.56. The normalized spacial score (nSPS) is 22.9. The number of nitrogens with two attached hydrogens (primary N) is 1. The number of benzene rings is 1. The van der Waals surface area contributed by atoms with Gasteiger partial charge in [-0.2, -0.15) is 13.2 Å². The number of amides is 1. The fourth-order valence-corrected chi connectivity index (χ4v) is 2.66. The van der Waals surface area contributed by atoms with E-state index in [4.69, 9.17) is 5.73 Å². The maximum atomic E-state index is 12.5. The largest absolute Gasteiger partial charge is 0.416 e. The highest BCUT2D eigenvalue weighted by Crippen LogP contribution is 2.29. The van der Waals surface area contributed by atoms with E-state index < -0.39 is 11.7 Å². The van der Waals surface area contributed by atoms with Crippen LogP contribution in [0.3, 0.4) is 0 Å². The summed E-state index contributed by atoms with van der Waals surface area (Å²) in [4.78, 5) is 13.9. The summed E-state index contributed by atoms with van der Waals surface area (Å²) in [6.07, 6.45) is -0.967. The molecule has 0 atom stereocenters. The third kappa shape index (κ3) is 3.75. The van der Waals surface area contributed by atoms with Crippen molar-refractivity contribution in [3.8, 4) is 0 Å². The zero-order chi connectivity index (χ0) is 15.6. The summed E-state index contributed by atoms with van der Waals surface area (Å²) >= 11 is 0. The number of carbonyl (C=O) groups excluding carboxylic acids is 1. The molecule has 6 heteroatoms. The molecule has 1 aliphatic rings. The molecule has 3 nitrogen and oxygen atoms in total. The van der Waals surface area contributed by atoms with Crippen molar-refractivity contribution >= 4 is 5.91 Å². The molecule has 1 saturated carbocycles. The molecule has 0 saturated heterocycles. The SMILES string of the molecule is CN(C(=O)c1ccc(C(F)(F)F)cc1)C1CCC(N)CC1. The molecule has 1 fully saturated rings. The van der Waals surface area contributed by atoms with Crippen LogP contribution in [0.1, 0.15) is 41.6 Å². The van der Waals surface area contributed by atoms with Gasteiger partial charge in [0.05, 0.1) is 5.56 Å². The van der Waals surface area contributed by atoms with Crippen LogP contribution in [0.25, 0.3) is 0 Å². The van der Waals surface area contributed by atoms with Crippen molar-refractivity contribution in [3.63, 3.8) is 0 Å². The first-order chi connectivity index (χ1) is 9.79. The highest BCUT2D eigenvalue weighted by Gasteiger charge is 2.31. The number of rotatable bonds is 2. The van der Waals surface area contributed by atoms with E-state index in [1.807, 2.05) is 0 Å². The average molecular weight is 300 g/mol. The minimum Gasteiger partial charge on any atom is -0.339 e. The Kier molecular flexibility index (Phi) is 4.56. The molecule has 1 aromatic carbocycles. The zero-order valence-corrected chi connectivity index (χ0v) is 11.9. The van der Waals surface area contributed by atoms with Gasteiger partial charge in [0.1, 0.15) is 0 Å². The third-order valence-electron chi connectivity index (χ3n) is 4.07. The maximum absolute atomic E-state index is 12.5. The van der Waals surface area contributed by atoms with Gasteiger partial charge in [0.25, 0.3) is 5.91 Å². The van der Waals surface area contributed by atoms with E-state index >= 15 is 0 Å². The lowest BCUT2D eigenvalue weighted by atomic mass is 9.90. The molecule has 1 amide bonds. The van der Waals surface area contributed by atoms with E-state index in [1.54, 1.807) is 11.9 Å². The lowest BCUT2D eigenvalue weighted by Gasteiger charge is -2.33. The summed E-state index contributed by atoms with van der Waals surface area (Å²) in [6.45, 7) is 0. The van der Waals surface area contributed by atoms with Crippen LogP contribution < -0.4 is 5.73 Å². The Balaban J connectivity index is 2.05. The van der Waals surface area contributed by atoms with E-state index in [0.29, 0.717) is 0 Å². The van der Waals surface area contributed by atoms with E-state index in [0.717, 1.165) is 37.8 Å². The summed E-state index contributed by atoms with van der Waals surface area (Å²) in [5.74, 6) is -0.246. The molecule has 0 aromatic heterocycles. The van der Waals surface area contributed by atoms with Crippen LogP contribution in [0.15, 0.2) is 24.3 Å². The predicted octanol–water partition coefficient (Wildman–Crippen LogP) is 3.05. The minimum atomic E-state index is -4.38. The van der Waals surface area contributed by atoms with Crippen molar-refractivity contribution in [3.05, 3.63) is 35.4 Å². The number of alkyl halides is 3. The van der Waals surface area contributed by atoms with Crippen LogP contribution in [0.2, 0.25) is 0 Å². The van der Waals surface area contributed by atoms with E-state index in [9.17, 15) is 18.0 Å². The topological polar surface area (TPSA) is 46.3 Å². The molecule has 1 aromatic rings. The second-order valence-electron chi connectivity index (χ2n) is 5.56. The Labute approximate surface area is 121 Å². The number of halogens is 3. The van der Waals surface area contributed by atoms with Crippen molar-refractivity contribution in [1.29, 1.82) is 0 Å². The molecule has 0 bridgehead atoms. The van der Waals surface area contributed by atoms with Gasteiger partial charge in [-0.25, -0.2) is 0 Å². The summed E-state index contributed by atoms with van der Waals surface area (Å²) in [5.41, 5.74) is 5.36. The fourth-order valence-electron chi connectivity index (χ4n) is 2.66. The van der Waals surface area contributed by atoms with Crippen LogP contribution in [-0.4, -0.2) is 29.9 Å². The molecule has 0 radical (unpaired) electrons. The Morgan fingerprint density at radius 2 is 1.67 bits per heavy atom. The first-order valence-electron chi connectivity index (χ1n) is 6.99. The first-order valence-corrected chi connectivity index (χ1v) is 6.99. The van der Waals surface area contributed by atoms with E-state index in [1.165, 1.54) is 12.1 Å². The minimum absolute atomic E-state index is 0.111. The lowest BCUT2D eigenvalue weighted by molar-refractivity contribution is -0.137. The van der Waals surface area contributed by atoms with Crippen LogP contribution >= 0.6 is 0 Å². The fraction of sp³-hybridized carbons (Fsp3) is 0.533. The number of nitrogens with zero attached hydrogens (tertiary/aromatic N) is 1. The van der Waals surface area contributed by atoms with Crippen molar-refractivity contribution in [1.82, 2.24) is 4.90 Å². The molecule has 2 rings (SSSR count). The molecule has 0 heterocycles. The molecular weight excluding hydrogens is 281 g/mol. The van der Waals surface area contributed by atoms with Crippen LogP contribution in [0.5, 0.6) is 0 Å². The number of carbonyl (C=O) groups is 1. The number of hydrogen-bond donors (Lipinski definition) is 1. The molecular formula is C15H19F3N2O. The van der Waals surface area contributed by atoms with E-state index in [-0.39, 0.29) is 23.6 Å². The van der Waals surface area contributed by atoms with Gasteiger partial charge in [-0.05, 0) is 49.9 Å². The van der Waals surface area contributed by atoms with Gasteiger partial charge in [-0.15, -0.1) is 0 Å². The van der Waals surface area contributed by atoms with Gasteiger partial charge in [0, 0.05) is 24.7 Å². The number of hydrogen-bond acceptors (Lipinski definition) is 2. The predicted molar refractivity (Wildman–Crippen MR) is 73.8 cm³/mol. The van der Waals surface area contributed by atoms with Gasteiger partial charge in [-0.1, -0.05) is 0 Å². The Bertz CT molecular complexity index is 491. The van der Waals surface area contributed by atoms with Crippen LogP contribution in [0, 0.1) is 0 Å². The summed E-state index contributed by atoms with van der Waals surface area (Å²) < 4.78 is 37.5. The quantitative estimate of drug-likeness (QED) is 0.912.